The molecule has 12 heteroatoms. The summed E-state index contributed by atoms with van der Waals surface area (Å²) in [6, 6.07) is 10.6. The summed E-state index contributed by atoms with van der Waals surface area (Å²) in [6.45, 7) is 2.03. The lowest BCUT2D eigenvalue weighted by Gasteiger charge is -2.11. The van der Waals surface area contributed by atoms with Crippen LogP contribution in [0.15, 0.2) is 48.7 Å². The van der Waals surface area contributed by atoms with Crippen LogP contribution in [-0.2, 0) is 12.6 Å². The zero-order valence-corrected chi connectivity index (χ0v) is 18.4. The second-order valence-electron chi connectivity index (χ2n) is 7.41. The van der Waals surface area contributed by atoms with Gasteiger partial charge in [-0.25, -0.2) is 9.67 Å². The topological polar surface area (TPSA) is 91.2 Å². The standard InChI is InChI=1S/C22H16F3N5O3S/c1-12-19(9-13-6-7-17-18(8-13)33-11-32-17)34-21(26-12)27-20(31)15-10-30(29-28-15)16-5-3-2-4-14(16)22(23,24)25/h2-8,10H,9,11H2,1H3,(H,26,27,31). The molecule has 8 nitrogen and oxygen atoms in total. The van der Waals surface area contributed by atoms with Crippen LogP contribution in [0.3, 0.4) is 0 Å². The number of thiazole rings is 1. The predicted octanol–water partition coefficient (Wildman–Crippen LogP) is 4.62. The molecule has 0 atom stereocenters. The van der Waals surface area contributed by atoms with Crippen LogP contribution < -0.4 is 14.8 Å². The van der Waals surface area contributed by atoms with Crippen molar-refractivity contribution in [3.63, 3.8) is 0 Å². The molecule has 1 amide bonds. The molecule has 174 valence electrons. The number of anilines is 1. The highest BCUT2D eigenvalue weighted by atomic mass is 32.1. The zero-order valence-electron chi connectivity index (χ0n) is 17.6. The number of hydrogen-bond donors (Lipinski definition) is 1. The van der Waals surface area contributed by atoms with Crippen LogP contribution >= 0.6 is 11.3 Å². The molecule has 0 unspecified atom stereocenters. The molecule has 0 saturated carbocycles. The van der Waals surface area contributed by atoms with Crippen LogP contribution in [0.25, 0.3) is 5.69 Å². The van der Waals surface area contributed by atoms with Crippen molar-refractivity contribution in [2.75, 3.05) is 12.1 Å². The van der Waals surface area contributed by atoms with Gasteiger partial charge in [0.25, 0.3) is 5.91 Å². The van der Waals surface area contributed by atoms with Crippen LogP contribution in [0.1, 0.15) is 32.2 Å². The molecular formula is C22H16F3N5O3S. The Kier molecular flexibility index (Phi) is 5.44. The molecule has 0 bridgehead atoms. The van der Waals surface area contributed by atoms with Crippen molar-refractivity contribution >= 4 is 22.4 Å². The lowest BCUT2D eigenvalue weighted by molar-refractivity contribution is -0.137. The number of rotatable bonds is 5. The Balaban J connectivity index is 1.31. The van der Waals surface area contributed by atoms with Crippen LogP contribution in [0.4, 0.5) is 18.3 Å². The fourth-order valence-electron chi connectivity index (χ4n) is 3.44. The molecule has 5 rings (SSSR count). The lowest BCUT2D eigenvalue weighted by Crippen LogP contribution is -2.12. The number of nitrogens with one attached hydrogen (secondary N) is 1. The molecule has 1 N–H and O–H groups in total. The van der Waals surface area contributed by atoms with Crippen molar-refractivity contribution < 1.29 is 27.4 Å². The minimum absolute atomic E-state index is 0.137. The van der Waals surface area contributed by atoms with E-state index in [1.165, 1.54) is 29.5 Å². The van der Waals surface area contributed by atoms with Gasteiger partial charge in [0, 0.05) is 11.3 Å². The normalized spacial score (nSPS) is 12.7. The molecule has 0 spiro atoms. The third kappa shape index (κ3) is 4.31. The number of aryl methyl sites for hydroxylation is 1. The Hall–Kier alpha value is -3.93. The van der Waals surface area contributed by atoms with Crippen molar-refractivity contribution in [2.24, 2.45) is 0 Å². The highest BCUT2D eigenvalue weighted by molar-refractivity contribution is 7.15. The van der Waals surface area contributed by atoms with E-state index in [1.807, 2.05) is 25.1 Å². The number of aromatic nitrogens is 4. The van der Waals surface area contributed by atoms with E-state index in [9.17, 15) is 18.0 Å². The maximum atomic E-state index is 13.3. The number of hydrogen-bond acceptors (Lipinski definition) is 7. The van der Waals surface area contributed by atoms with Crippen molar-refractivity contribution in [2.45, 2.75) is 19.5 Å². The monoisotopic (exact) mass is 487 g/mol. The number of carbonyl (C=O) groups excluding carboxylic acids is 1. The lowest BCUT2D eigenvalue weighted by atomic mass is 10.1. The van der Waals surface area contributed by atoms with Gasteiger partial charge in [0.1, 0.15) is 0 Å². The summed E-state index contributed by atoms with van der Waals surface area (Å²) in [6.07, 6.45) is -2.84. The van der Waals surface area contributed by atoms with E-state index in [1.54, 1.807) is 0 Å². The fourth-order valence-corrected chi connectivity index (χ4v) is 4.43. The summed E-state index contributed by atoms with van der Waals surface area (Å²) in [4.78, 5) is 18.0. The third-order valence-electron chi connectivity index (χ3n) is 5.10. The number of nitrogens with zero attached hydrogens (tertiary/aromatic N) is 4. The quantitative estimate of drug-likeness (QED) is 0.442. The minimum atomic E-state index is -4.57. The smallest absolute Gasteiger partial charge is 0.418 e. The summed E-state index contributed by atoms with van der Waals surface area (Å²) >= 11 is 1.30. The number of amides is 1. The molecule has 3 heterocycles. The Morgan fingerprint density at radius 1 is 1.18 bits per heavy atom. The molecule has 2 aromatic heterocycles. The minimum Gasteiger partial charge on any atom is -0.454 e. The summed E-state index contributed by atoms with van der Waals surface area (Å²) in [5, 5.41) is 10.4. The second kappa shape index (κ2) is 8.45. The van der Waals surface area contributed by atoms with Gasteiger partial charge in [0.05, 0.1) is 23.1 Å². The predicted molar refractivity (Wildman–Crippen MR) is 117 cm³/mol. The maximum Gasteiger partial charge on any atom is 0.418 e. The van der Waals surface area contributed by atoms with E-state index in [0.717, 1.165) is 33.1 Å². The highest BCUT2D eigenvalue weighted by Gasteiger charge is 2.34. The second-order valence-corrected chi connectivity index (χ2v) is 8.49. The van der Waals surface area contributed by atoms with Crippen molar-refractivity contribution in [3.05, 3.63) is 76.1 Å². The Morgan fingerprint density at radius 2 is 1.97 bits per heavy atom. The van der Waals surface area contributed by atoms with Gasteiger partial charge in [-0.1, -0.05) is 23.4 Å². The number of para-hydroxylation sites is 1. The fraction of sp³-hybridized carbons (Fsp3) is 0.182. The first kappa shape index (κ1) is 21.9. The Labute approximate surface area is 195 Å². The number of carbonyl (C=O) groups is 1. The van der Waals surface area contributed by atoms with Gasteiger partial charge in [-0.3, -0.25) is 10.1 Å². The maximum absolute atomic E-state index is 13.3. The van der Waals surface area contributed by atoms with Crippen molar-refractivity contribution in [1.29, 1.82) is 0 Å². The van der Waals surface area contributed by atoms with Gasteiger partial charge in [0.2, 0.25) is 6.79 Å². The van der Waals surface area contributed by atoms with Gasteiger partial charge >= 0.3 is 6.18 Å². The van der Waals surface area contributed by atoms with E-state index in [-0.39, 0.29) is 18.2 Å². The Bertz CT molecular complexity index is 1380. The SMILES string of the molecule is Cc1nc(NC(=O)c2cn(-c3ccccc3C(F)(F)F)nn2)sc1Cc1ccc2c(c1)OCO2. The average molecular weight is 487 g/mol. The van der Waals surface area contributed by atoms with Crippen molar-refractivity contribution in [1.82, 2.24) is 20.0 Å². The van der Waals surface area contributed by atoms with E-state index >= 15 is 0 Å². The molecule has 1 aliphatic heterocycles. The third-order valence-corrected chi connectivity index (χ3v) is 6.17. The van der Waals surface area contributed by atoms with E-state index in [2.05, 4.69) is 20.6 Å². The molecular weight excluding hydrogens is 471 g/mol. The largest absolute Gasteiger partial charge is 0.454 e. The molecule has 0 saturated heterocycles. The number of benzene rings is 2. The number of fused-ring (bicyclic) bond motifs is 1. The molecule has 4 aromatic rings. The molecule has 0 radical (unpaired) electrons. The van der Waals surface area contributed by atoms with Crippen LogP contribution in [-0.4, -0.2) is 32.7 Å². The van der Waals surface area contributed by atoms with Crippen LogP contribution in [0.5, 0.6) is 11.5 Å². The number of ether oxygens (including phenoxy) is 2. The summed E-state index contributed by atoms with van der Waals surface area (Å²) in [5.41, 5.74) is 0.510. The zero-order chi connectivity index (χ0) is 23.9. The molecule has 2 aromatic carbocycles. The average Bonchev–Trinajstić information content (AvgIpc) is 3.53. The first-order valence-corrected chi connectivity index (χ1v) is 10.8. The van der Waals surface area contributed by atoms with Gasteiger partial charge in [-0.15, -0.1) is 16.4 Å². The first-order chi connectivity index (χ1) is 16.3. The summed E-state index contributed by atoms with van der Waals surface area (Å²) in [7, 11) is 0. The highest BCUT2D eigenvalue weighted by Crippen LogP contribution is 2.35. The van der Waals surface area contributed by atoms with Gasteiger partial charge in [0.15, 0.2) is 22.3 Å². The van der Waals surface area contributed by atoms with E-state index < -0.39 is 17.6 Å². The molecule has 1 aliphatic rings. The van der Waals surface area contributed by atoms with Gasteiger partial charge in [-0.05, 0) is 36.8 Å². The van der Waals surface area contributed by atoms with Crippen molar-refractivity contribution in [3.8, 4) is 17.2 Å². The summed E-state index contributed by atoms with van der Waals surface area (Å²) in [5.74, 6) is 0.756. The molecule has 0 aliphatic carbocycles. The van der Waals surface area contributed by atoms with Gasteiger partial charge < -0.3 is 9.47 Å². The number of halogens is 3. The molecule has 0 fully saturated rings. The Morgan fingerprint density at radius 3 is 2.79 bits per heavy atom. The van der Waals surface area contributed by atoms with Crippen LogP contribution in [0, 0.1) is 6.92 Å². The van der Waals surface area contributed by atoms with Gasteiger partial charge in [-0.2, -0.15) is 13.2 Å². The first-order valence-electron chi connectivity index (χ1n) is 10.0. The molecule has 34 heavy (non-hydrogen) atoms. The number of alkyl halides is 3. The van der Waals surface area contributed by atoms with Crippen LogP contribution in [0.2, 0.25) is 0 Å². The summed E-state index contributed by atoms with van der Waals surface area (Å²) < 4.78 is 51.5. The van der Waals surface area contributed by atoms with E-state index in [0.29, 0.717) is 23.1 Å². The van der Waals surface area contributed by atoms with E-state index in [4.69, 9.17) is 9.47 Å².